The maximum absolute atomic E-state index is 4.49. The average Bonchev–Trinajstić information content (AvgIpc) is 2.92. The zero-order chi connectivity index (χ0) is 13.8. The van der Waals surface area contributed by atoms with E-state index >= 15 is 0 Å². The predicted octanol–water partition coefficient (Wildman–Crippen LogP) is 3.07. The minimum Gasteiger partial charge on any atom is -0.311 e. The molecule has 19 heavy (non-hydrogen) atoms. The van der Waals surface area contributed by atoms with E-state index in [1.54, 1.807) is 11.3 Å². The number of hydrogen-bond acceptors (Lipinski definition) is 4. The van der Waals surface area contributed by atoms with E-state index in [2.05, 4.69) is 43.6 Å². The molecule has 0 bridgehead atoms. The van der Waals surface area contributed by atoms with Crippen molar-refractivity contribution in [2.24, 2.45) is 0 Å². The number of aromatic nitrogens is 3. The molecule has 0 spiro atoms. The van der Waals surface area contributed by atoms with Crippen LogP contribution in [-0.2, 0) is 19.5 Å². The van der Waals surface area contributed by atoms with Gasteiger partial charge in [0.15, 0.2) is 0 Å². The molecule has 2 rings (SSSR count). The summed E-state index contributed by atoms with van der Waals surface area (Å²) >= 11 is 5.32. The van der Waals surface area contributed by atoms with Crippen molar-refractivity contribution in [3.05, 3.63) is 31.9 Å². The fourth-order valence-electron chi connectivity index (χ4n) is 1.98. The first-order chi connectivity index (χ1) is 9.11. The molecule has 2 aromatic heterocycles. The van der Waals surface area contributed by atoms with Crippen molar-refractivity contribution in [3.8, 4) is 0 Å². The van der Waals surface area contributed by atoms with Crippen LogP contribution >= 0.6 is 27.3 Å². The van der Waals surface area contributed by atoms with Gasteiger partial charge in [-0.1, -0.05) is 0 Å². The summed E-state index contributed by atoms with van der Waals surface area (Å²) < 4.78 is 3.16. The highest BCUT2D eigenvalue weighted by Gasteiger charge is 2.11. The number of nitrogens with one attached hydrogen (secondary N) is 1. The molecule has 0 unspecified atom stereocenters. The van der Waals surface area contributed by atoms with E-state index in [0.29, 0.717) is 0 Å². The largest absolute Gasteiger partial charge is 0.311 e. The number of nitrogens with zero attached hydrogens (tertiary/aromatic N) is 3. The topological polar surface area (TPSA) is 42.7 Å². The SMILES string of the molecule is CCn1nc(C)c(Br)c1CNCCc1csc(C)n1. The highest BCUT2D eigenvalue weighted by molar-refractivity contribution is 9.10. The second kappa shape index (κ2) is 6.63. The van der Waals surface area contributed by atoms with Crippen molar-refractivity contribution in [1.82, 2.24) is 20.1 Å². The van der Waals surface area contributed by atoms with Gasteiger partial charge in [-0.2, -0.15) is 5.10 Å². The summed E-state index contributed by atoms with van der Waals surface area (Å²) in [4.78, 5) is 4.46. The lowest BCUT2D eigenvalue weighted by molar-refractivity contribution is 0.578. The molecule has 6 heteroatoms. The highest BCUT2D eigenvalue weighted by Crippen LogP contribution is 2.20. The van der Waals surface area contributed by atoms with Crippen molar-refractivity contribution in [3.63, 3.8) is 0 Å². The van der Waals surface area contributed by atoms with Gasteiger partial charge in [-0.3, -0.25) is 4.68 Å². The fourth-order valence-corrected chi connectivity index (χ4v) is 3.06. The monoisotopic (exact) mass is 342 g/mol. The molecule has 0 radical (unpaired) electrons. The van der Waals surface area contributed by atoms with Crippen molar-refractivity contribution >= 4 is 27.3 Å². The van der Waals surface area contributed by atoms with Crippen LogP contribution < -0.4 is 5.32 Å². The first-order valence-electron chi connectivity index (χ1n) is 6.45. The molecular weight excluding hydrogens is 324 g/mol. The molecule has 0 atom stereocenters. The zero-order valence-electron chi connectivity index (χ0n) is 11.5. The summed E-state index contributed by atoms with van der Waals surface area (Å²) in [5.74, 6) is 0. The molecule has 0 aliphatic heterocycles. The first-order valence-corrected chi connectivity index (χ1v) is 8.12. The highest BCUT2D eigenvalue weighted by atomic mass is 79.9. The molecular formula is C13H19BrN4S. The number of halogens is 1. The summed E-state index contributed by atoms with van der Waals surface area (Å²) in [6, 6.07) is 0. The van der Waals surface area contributed by atoms with Crippen LogP contribution in [0.3, 0.4) is 0 Å². The summed E-state index contributed by atoms with van der Waals surface area (Å²) in [7, 11) is 0. The maximum Gasteiger partial charge on any atom is 0.0897 e. The molecule has 0 aromatic carbocycles. The lowest BCUT2D eigenvalue weighted by atomic mass is 10.3. The van der Waals surface area contributed by atoms with Crippen molar-refractivity contribution in [1.29, 1.82) is 0 Å². The molecule has 104 valence electrons. The minimum absolute atomic E-state index is 0.832. The van der Waals surface area contributed by atoms with E-state index in [9.17, 15) is 0 Å². The van der Waals surface area contributed by atoms with Crippen LogP contribution in [0.25, 0.3) is 0 Å². The standard InChI is InChI=1S/C13H19BrN4S/c1-4-18-12(13(14)9(2)17-18)7-15-6-5-11-8-19-10(3)16-11/h8,15H,4-7H2,1-3H3. The normalized spacial score (nSPS) is 11.2. The minimum atomic E-state index is 0.832. The summed E-state index contributed by atoms with van der Waals surface area (Å²) in [5, 5.41) is 11.2. The molecule has 0 saturated carbocycles. The van der Waals surface area contributed by atoms with Gasteiger partial charge in [0.1, 0.15) is 0 Å². The van der Waals surface area contributed by atoms with Gasteiger partial charge >= 0.3 is 0 Å². The van der Waals surface area contributed by atoms with Crippen LogP contribution in [0.2, 0.25) is 0 Å². The van der Waals surface area contributed by atoms with E-state index in [1.165, 1.54) is 11.4 Å². The van der Waals surface area contributed by atoms with Gasteiger partial charge in [0.05, 0.1) is 26.6 Å². The van der Waals surface area contributed by atoms with Crippen molar-refractivity contribution < 1.29 is 0 Å². The molecule has 2 heterocycles. The molecule has 2 aromatic rings. The molecule has 0 saturated heterocycles. The van der Waals surface area contributed by atoms with Gasteiger partial charge in [-0.25, -0.2) is 4.98 Å². The maximum atomic E-state index is 4.49. The van der Waals surface area contributed by atoms with E-state index in [-0.39, 0.29) is 0 Å². The second-order valence-electron chi connectivity index (χ2n) is 4.45. The molecule has 0 fully saturated rings. The Labute approximate surface area is 126 Å². The van der Waals surface area contributed by atoms with Crippen molar-refractivity contribution in [2.75, 3.05) is 6.54 Å². The van der Waals surface area contributed by atoms with Crippen LogP contribution in [0.15, 0.2) is 9.85 Å². The summed E-state index contributed by atoms with van der Waals surface area (Å²) in [6.45, 7) is 8.84. The van der Waals surface area contributed by atoms with Crippen LogP contribution in [0.5, 0.6) is 0 Å². The number of aryl methyl sites for hydroxylation is 3. The molecule has 0 amide bonds. The third kappa shape index (κ3) is 3.64. The first kappa shape index (κ1) is 14.7. The van der Waals surface area contributed by atoms with Crippen molar-refractivity contribution in [2.45, 2.75) is 40.3 Å². The number of rotatable bonds is 6. The van der Waals surface area contributed by atoms with E-state index in [1.807, 2.05) is 18.5 Å². The summed E-state index contributed by atoms with van der Waals surface area (Å²) in [6.07, 6.45) is 0.973. The van der Waals surface area contributed by atoms with Crippen LogP contribution in [0.1, 0.15) is 29.0 Å². The Morgan fingerprint density at radius 2 is 2.21 bits per heavy atom. The smallest absolute Gasteiger partial charge is 0.0897 e. The van der Waals surface area contributed by atoms with Crippen LogP contribution in [0, 0.1) is 13.8 Å². The Morgan fingerprint density at radius 3 is 2.84 bits per heavy atom. The predicted molar refractivity (Wildman–Crippen MR) is 82.6 cm³/mol. The Balaban J connectivity index is 1.85. The summed E-state index contributed by atoms with van der Waals surface area (Å²) in [5.41, 5.74) is 3.44. The van der Waals surface area contributed by atoms with Gasteiger partial charge in [-0.15, -0.1) is 11.3 Å². The lowest BCUT2D eigenvalue weighted by Crippen LogP contribution is -2.19. The molecule has 0 aliphatic rings. The number of hydrogen-bond donors (Lipinski definition) is 1. The Bertz CT molecular complexity index is 547. The van der Waals surface area contributed by atoms with Gasteiger partial charge < -0.3 is 5.32 Å². The van der Waals surface area contributed by atoms with E-state index < -0.39 is 0 Å². The van der Waals surface area contributed by atoms with Gasteiger partial charge in [-0.05, 0) is 36.7 Å². The van der Waals surface area contributed by atoms with Gasteiger partial charge in [0, 0.05) is 31.4 Å². The Kier molecular flexibility index (Phi) is 5.13. The van der Waals surface area contributed by atoms with Crippen LogP contribution in [-0.4, -0.2) is 21.3 Å². The lowest BCUT2D eigenvalue weighted by Gasteiger charge is -2.07. The Hall–Kier alpha value is -0.720. The molecule has 4 nitrogen and oxygen atoms in total. The zero-order valence-corrected chi connectivity index (χ0v) is 13.9. The number of thiazole rings is 1. The second-order valence-corrected chi connectivity index (χ2v) is 6.30. The molecule has 0 aliphatic carbocycles. The van der Waals surface area contributed by atoms with E-state index in [0.717, 1.165) is 41.2 Å². The van der Waals surface area contributed by atoms with Crippen LogP contribution in [0.4, 0.5) is 0 Å². The Morgan fingerprint density at radius 1 is 1.42 bits per heavy atom. The fraction of sp³-hybridized carbons (Fsp3) is 0.538. The average molecular weight is 343 g/mol. The van der Waals surface area contributed by atoms with Gasteiger partial charge in [0.2, 0.25) is 0 Å². The van der Waals surface area contributed by atoms with Gasteiger partial charge in [0.25, 0.3) is 0 Å². The quantitative estimate of drug-likeness (QED) is 0.820. The third-order valence-electron chi connectivity index (χ3n) is 2.97. The molecule has 1 N–H and O–H groups in total. The van der Waals surface area contributed by atoms with E-state index in [4.69, 9.17) is 0 Å². The third-order valence-corrected chi connectivity index (χ3v) is 4.82.